The average molecular weight is 436 g/mol. The SMILES string of the molecule is CCN(CC)c1ccc(C2C(C(=O)C(C)C)=C(O)C(=O)N2c2ccc(N(C)C)cc2)cc1. The molecule has 1 aliphatic heterocycles. The molecule has 0 spiro atoms. The van der Waals surface area contributed by atoms with Crippen molar-refractivity contribution in [1.82, 2.24) is 0 Å². The Kier molecular flexibility index (Phi) is 6.92. The van der Waals surface area contributed by atoms with Crippen LogP contribution >= 0.6 is 0 Å². The molecule has 0 saturated heterocycles. The van der Waals surface area contributed by atoms with Crippen molar-refractivity contribution in [2.75, 3.05) is 41.9 Å². The van der Waals surface area contributed by atoms with Crippen LogP contribution in [0.15, 0.2) is 59.9 Å². The average Bonchev–Trinajstić information content (AvgIpc) is 3.05. The van der Waals surface area contributed by atoms with Crippen LogP contribution in [0.2, 0.25) is 0 Å². The molecule has 2 aromatic carbocycles. The molecule has 1 aliphatic rings. The van der Waals surface area contributed by atoms with Gasteiger partial charge in [0.15, 0.2) is 11.5 Å². The number of Topliss-reactive ketones (excluding diaryl/α,β-unsaturated/α-hetero) is 1. The van der Waals surface area contributed by atoms with Crippen molar-refractivity contribution in [3.8, 4) is 0 Å². The van der Waals surface area contributed by atoms with Gasteiger partial charge < -0.3 is 14.9 Å². The third-order valence-corrected chi connectivity index (χ3v) is 5.98. The summed E-state index contributed by atoms with van der Waals surface area (Å²) in [6.07, 6.45) is 0. The standard InChI is InChI=1S/C26H33N3O3/c1-7-28(8-2)20-11-9-18(10-12-20)23-22(24(30)17(3)4)25(31)26(32)29(23)21-15-13-19(14-16-21)27(5)6/h9-17,23,31H,7-8H2,1-6H3. The monoisotopic (exact) mass is 435 g/mol. The summed E-state index contributed by atoms with van der Waals surface area (Å²) in [7, 11) is 3.89. The number of anilines is 3. The minimum atomic E-state index is -0.673. The maximum atomic E-state index is 13.2. The van der Waals surface area contributed by atoms with E-state index >= 15 is 0 Å². The molecule has 1 heterocycles. The zero-order valence-electron chi connectivity index (χ0n) is 19.8. The smallest absolute Gasteiger partial charge is 0.294 e. The normalized spacial score (nSPS) is 16.2. The van der Waals surface area contributed by atoms with E-state index in [1.807, 2.05) is 67.5 Å². The molecule has 0 aliphatic carbocycles. The van der Waals surface area contributed by atoms with E-state index in [1.54, 1.807) is 13.8 Å². The van der Waals surface area contributed by atoms with Gasteiger partial charge in [0.2, 0.25) is 0 Å². The third-order valence-electron chi connectivity index (χ3n) is 5.98. The zero-order chi connectivity index (χ0) is 23.6. The van der Waals surface area contributed by atoms with Gasteiger partial charge in [0.05, 0.1) is 11.6 Å². The van der Waals surface area contributed by atoms with Crippen LogP contribution in [-0.4, -0.2) is 44.0 Å². The minimum absolute atomic E-state index is 0.164. The highest BCUT2D eigenvalue weighted by Crippen LogP contribution is 2.42. The van der Waals surface area contributed by atoms with Crippen LogP contribution < -0.4 is 14.7 Å². The van der Waals surface area contributed by atoms with Gasteiger partial charge in [0, 0.05) is 50.2 Å². The van der Waals surface area contributed by atoms with E-state index in [1.165, 1.54) is 4.90 Å². The summed E-state index contributed by atoms with van der Waals surface area (Å²) >= 11 is 0. The van der Waals surface area contributed by atoms with Crippen molar-refractivity contribution in [1.29, 1.82) is 0 Å². The topological polar surface area (TPSA) is 64.1 Å². The lowest BCUT2D eigenvalue weighted by Crippen LogP contribution is -2.31. The van der Waals surface area contributed by atoms with E-state index in [0.717, 1.165) is 30.0 Å². The number of amides is 1. The van der Waals surface area contributed by atoms with Crippen LogP contribution in [-0.2, 0) is 9.59 Å². The molecule has 0 aromatic heterocycles. The molecule has 32 heavy (non-hydrogen) atoms. The fourth-order valence-electron chi connectivity index (χ4n) is 4.12. The molecular formula is C26H33N3O3. The molecule has 1 amide bonds. The molecule has 3 rings (SSSR count). The van der Waals surface area contributed by atoms with E-state index in [4.69, 9.17) is 0 Å². The highest BCUT2D eigenvalue weighted by Gasteiger charge is 2.44. The first-order chi connectivity index (χ1) is 15.2. The first kappa shape index (κ1) is 23.4. The Morgan fingerprint density at radius 1 is 0.969 bits per heavy atom. The molecule has 1 N–H and O–H groups in total. The molecule has 0 radical (unpaired) electrons. The van der Waals surface area contributed by atoms with Gasteiger partial charge in [-0.3, -0.25) is 14.5 Å². The summed E-state index contributed by atoms with van der Waals surface area (Å²) < 4.78 is 0. The van der Waals surface area contributed by atoms with Gasteiger partial charge in [0.25, 0.3) is 5.91 Å². The second kappa shape index (κ2) is 9.47. The molecule has 170 valence electrons. The number of aliphatic hydroxyl groups is 1. The van der Waals surface area contributed by atoms with Crippen molar-refractivity contribution >= 4 is 28.8 Å². The van der Waals surface area contributed by atoms with Crippen LogP contribution in [0.4, 0.5) is 17.1 Å². The second-order valence-corrected chi connectivity index (χ2v) is 8.53. The fraction of sp³-hybridized carbons (Fsp3) is 0.385. The number of benzene rings is 2. The Hall–Kier alpha value is -3.28. The van der Waals surface area contributed by atoms with E-state index in [9.17, 15) is 14.7 Å². The second-order valence-electron chi connectivity index (χ2n) is 8.53. The Balaban J connectivity index is 2.10. The molecule has 2 aromatic rings. The first-order valence-electron chi connectivity index (χ1n) is 11.1. The molecule has 1 unspecified atom stereocenters. The van der Waals surface area contributed by atoms with Crippen LogP contribution in [0.25, 0.3) is 0 Å². The van der Waals surface area contributed by atoms with E-state index < -0.39 is 17.7 Å². The summed E-state index contributed by atoms with van der Waals surface area (Å²) in [5.74, 6) is -1.57. The van der Waals surface area contributed by atoms with Gasteiger partial charge in [-0.25, -0.2) is 0 Å². The quantitative estimate of drug-likeness (QED) is 0.650. The number of hydrogen-bond acceptors (Lipinski definition) is 5. The zero-order valence-corrected chi connectivity index (χ0v) is 19.8. The molecule has 0 fully saturated rings. The van der Waals surface area contributed by atoms with Gasteiger partial charge in [-0.2, -0.15) is 0 Å². The Labute approximate surface area is 190 Å². The lowest BCUT2D eigenvalue weighted by molar-refractivity contribution is -0.119. The lowest BCUT2D eigenvalue weighted by atomic mass is 9.91. The van der Waals surface area contributed by atoms with E-state index in [0.29, 0.717) is 5.69 Å². The number of carbonyl (C=O) groups is 2. The molecule has 6 heteroatoms. The van der Waals surface area contributed by atoms with Gasteiger partial charge in [0.1, 0.15) is 0 Å². The van der Waals surface area contributed by atoms with E-state index in [-0.39, 0.29) is 17.3 Å². The van der Waals surface area contributed by atoms with Crippen molar-refractivity contribution in [2.45, 2.75) is 33.7 Å². The number of ketones is 1. The van der Waals surface area contributed by atoms with Gasteiger partial charge in [-0.1, -0.05) is 26.0 Å². The van der Waals surface area contributed by atoms with Crippen molar-refractivity contribution in [3.05, 3.63) is 65.4 Å². The van der Waals surface area contributed by atoms with Crippen molar-refractivity contribution in [3.63, 3.8) is 0 Å². The summed E-state index contributed by atoms with van der Waals surface area (Å²) in [6, 6.07) is 14.8. The molecule has 0 saturated carbocycles. The van der Waals surface area contributed by atoms with Crippen LogP contribution in [0.1, 0.15) is 39.3 Å². The predicted molar refractivity (Wildman–Crippen MR) is 130 cm³/mol. The maximum absolute atomic E-state index is 13.2. The molecular weight excluding hydrogens is 402 g/mol. The van der Waals surface area contributed by atoms with Crippen LogP contribution in [0.3, 0.4) is 0 Å². The van der Waals surface area contributed by atoms with Crippen molar-refractivity contribution < 1.29 is 14.7 Å². The lowest BCUT2D eigenvalue weighted by Gasteiger charge is -2.28. The maximum Gasteiger partial charge on any atom is 0.294 e. The first-order valence-corrected chi connectivity index (χ1v) is 11.1. The number of hydrogen-bond donors (Lipinski definition) is 1. The van der Waals surface area contributed by atoms with Gasteiger partial charge in [-0.15, -0.1) is 0 Å². The summed E-state index contributed by atoms with van der Waals surface area (Å²) in [5.41, 5.74) is 3.67. The number of carbonyl (C=O) groups excluding carboxylic acids is 2. The van der Waals surface area contributed by atoms with Gasteiger partial charge >= 0.3 is 0 Å². The summed E-state index contributed by atoms with van der Waals surface area (Å²) in [5, 5.41) is 10.8. The molecule has 0 bridgehead atoms. The number of nitrogens with zero attached hydrogens (tertiary/aromatic N) is 3. The summed E-state index contributed by atoms with van der Waals surface area (Å²) in [4.78, 5) is 32.0. The molecule has 1 atom stereocenters. The highest BCUT2D eigenvalue weighted by molar-refractivity contribution is 6.16. The Morgan fingerprint density at radius 2 is 1.50 bits per heavy atom. The summed E-state index contributed by atoms with van der Waals surface area (Å²) in [6.45, 7) is 9.54. The van der Waals surface area contributed by atoms with Crippen molar-refractivity contribution in [2.24, 2.45) is 5.92 Å². The highest BCUT2D eigenvalue weighted by atomic mass is 16.3. The Morgan fingerprint density at radius 3 is 1.97 bits per heavy atom. The predicted octanol–water partition coefficient (Wildman–Crippen LogP) is 4.72. The van der Waals surface area contributed by atoms with Crippen LogP contribution in [0.5, 0.6) is 0 Å². The number of aliphatic hydroxyl groups excluding tert-OH is 1. The van der Waals surface area contributed by atoms with Gasteiger partial charge in [-0.05, 0) is 55.8 Å². The largest absolute Gasteiger partial charge is 0.503 e. The fourth-order valence-corrected chi connectivity index (χ4v) is 4.12. The Bertz CT molecular complexity index is 1000. The number of rotatable bonds is 8. The molecule has 6 nitrogen and oxygen atoms in total. The third kappa shape index (κ3) is 4.22. The minimum Gasteiger partial charge on any atom is -0.503 e. The van der Waals surface area contributed by atoms with E-state index in [2.05, 4.69) is 18.7 Å². The van der Waals surface area contributed by atoms with Crippen LogP contribution in [0, 0.1) is 5.92 Å².